The van der Waals surface area contributed by atoms with Crippen LogP contribution in [0.25, 0.3) is 10.9 Å². The van der Waals surface area contributed by atoms with Gasteiger partial charge in [-0.05, 0) is 49.2 Å². The van der Waals surface area contributed by atoms with Crippen molar-refractivity contribution in [2.75, 3.05) is 18.9 Å². The maximum atomic E-state index is 12.5. The lowest BCUT2D eigenvalue weighted by molar-refractivity contribution is -0.112. The first-order valence-corrected chi connectivity index (χ1v) is 9.75. The second-order valence-electron chi connectivity index (χ2n) is 7.61. The van der Waals surface area contributed by atoms with Crippen LogP contribution in [0, 0.1) is 0 Å². The van der Waals surface area contributed by atoms with Gasteiger partial charge >= 0.3 is 0 Å². The lowest BCUT2D eigenvalue weighted by atomic mass is 9.74. The summed E-state index contributed by atoms with van der Waals surface area (Å²) in [6.07, 6.45) is 5.77. The fourth-order valence-electron chi connectivity index (χ4n) is 4.66. The van der Waals surface area contributed by atoms with Gasteiger partial charge in [0.2, 0.25) is 5.91 Å². The van der Waals surface area contributed by atoms with E-state index in [1.54, 1.807) is 18.2 Å². The van der Waals surface area contributed by atoms with E-state index in [0.717, 1.165) is 25.0 Å². The van der Waals surface area contributed by atoms with E-state index >= 15 is 0 Å². The number of nitrogens with zero attached hydrogens (tertiary/aromatic N) is 3. The summed E-state index contributed by atoms with van der Waals surface area (Å²) < 4.78 is 0. The molecule has 0 saturated carbocycles. The SMILES string of the molecule is CN1C/C(=C/C(=O)Nc2ccc(Cl)nn2)CC2c3cccc4[nH]cc(c34)C[C@H]21. The molecule has 1 saturated heterocycles. The Bertz CT molecular complexity index is 1090. The number of nitrogens with one attached hydrogen (secondary N) is 2. The minimum absolute atomic E-state index is 0.185. The highest BCUT2D eigenvalue weighted by Crippen LogP contribution is 2.44. The van der Waals surface area contributed by atoms with Gasteiger partial charge < -0.3 is 10.3 Å². The lowest BCUT2D eigenvalue weighted by Crippen LogP contribution is -2.45. The number of carbonyl (C=O) groups is 1. The standard InChI is InChI=1S/C21H20ClN5O/c1-27-11-12(8-20(28)24-19-6-5-18(22)25-26-19)7-15-14-3-2-4-16-21(14)13(10-23-16)9-17(15)27/h2-6,8,10,15,17,23H,7,9,11H2,1H3,(H,24,26,28)/b12-8+/t15?,17-/m1/s1. The average Bonchev–Trinajstić information content (AvgIpc) is 3.09. The summed E-state index contributed by atoms with van der Waals surface area (Å²) in [4.78, 5) is 18.2. The number of piperidine rings is 1. The van der Waals surface area contributed by atoms with Crippen molar-refractivity contribution in [1.82, 2.24) is 20.1 Å². The van der Waals surface area contributed by atoms with Gasteiger partial charge in [-0.3, -0.25) is 9.69 Å². The maximum absolute atomic E-state index is 12.5. The molecule has 1 amide bonds. The second kappa shape index (κ2) is 6.72. The summed E-state index contributed by atoms with van der Waals surface area (Å²) in [5.74, 6) is 0.600. The molecule has 2 aromatic heterocycles. The zero-order valence-corrected chi connectivity index (χ0v) is 16.2. The number of hydrogen-bond acceptors (Lipinski definition) is 4. The van der Waals surface area contributed by atoms with Gasteiger partial charge in [-0.1, -0.05) is 29.3 Å². The number of H-pyrrole nitrogens is 1. The molecule has 0 radical (unpaired) electrons. The number of hydrogen-bond donors (Lipinski definition) is 2. The Morgan fingerprint density at radius 1 is 1.29 bits per heavy atom. The number of aromatic amines is 1. The highest BCUT2D eigenvalue weighted by molar-refractivity contribution is 6.29. The van der Waals surface area contributed by atoms with Gasteiger partial charge in [0.25, 0.3) is 0 Å². The Balaban J connectivity index is 1.41. The number of likely N-dealkylation sites (tertiary alicyclic amines) is 1. The highest BCUT2D eigenvalue weighted by atomic mass is 35.5. The van der Waals surface area contributed by atoms with Gasteiger partial charge in [0.1, 0.15) is 0 Å². The number of fused-ring (bicyclic) bond motifs is 2. The van der Waals surface area contributed by atoms with E-state index in [2.05, 4.69) is 56.8 Å². The van der Waals surface area contributed by atoms with Crippen molar-refractivity contribution in [3.05, 3.63) is 64.5 Å². The summed E-state index contributed by atoms with van der Waals surface area (Å²) in [6.45, 7) is 0.788. The summed E-state index contributed by atoms with van der Waals surface area (Å²) in [7, 11) is 2.14. The van der Waals surface area contributed by atoms with Crippen LogP contribution in [-0.2, 0) is 11.2 Å². The first-order chi connectivity index (χ1) is 13.6. The predicted molar refractivity (Wildman–Crippen MR) is 110 cm³/mol. The minimum atomic E-state index is -0.185. The van der Waals surface area contributed by atoms with Gasteiger partial charge in [0.05, 0.1) is 0 Å². The Labute approximate surface area is 167 Å². The number of halogens is 1. The van der Waals surface area contributed by atoms with Crippen molar-refractivity contribution >= 4 is 34.2 Å². The van der Waals surface area contributed by atoms with E-state index in [-0.39, 0.29) is 5.91 Å². The van der Waals surface area contributed by atoms with Gasteiger partial charge in [0, 0.05) is 41.7 Å². The molecule has 1 aliphatic heterocycles. The number of rotatable bonds is 2. The Morgan fingerprint density at radius 3 is 3.00 bits per heavy atom. The molecule has 0 bridgehead atoms. The Morgan fingerprint density at radius 2 is 2.18 bits per heavy atom. The van der Waals surface area contributed by atoms with Crippen LogP contribution < -0.4 is 5.32 Å². The van der Waals surface area contributed by atoms with Crippen LogP contribution in [0.15, 0.2) is 48.2 Å². The number of amides is 1. The molecule has 1 aliphatic carbocycles. The maximum Gasteiger partial charge on any atom is 0.249 e. The van der Waals surface area contributed by atoms with Crippen LogP contribution in [0.3, 0.4) is 0 Å². The molecular formula is C21H20ClN5O. The molecule has 3 heterocycles. The van der Waals surface area contributed by atoms with Crippen molar-refractivity contribution in [1.29, 1.82) is 0 Å². The third-order valence-electron chi connectivity index (χ3n) is 5.83. The lowest BCUT2D eigenvalue weighted by Gasteiger charge is -2.43. The topological polar surface area (TPSA) is 73.9 Å². The third kappa shape index (κ3) is 2.99. The molecule has 2 aliphatic rings. The number of carbonyl (C=O) groups excluding carboxylic acids is 1. The number of aromatic nitrogens is 3. The second-order valence-corrected chi connectivity index (χ2v) is 8.00. The summed E-state index contributed by atoms with van der Waals surface area (Å²) in [6, 6.07) is 10.2. The van der Waals surface area contributed by atoms with Crippen LogP contribution in [0.5, 0.6) is 0 Å². The van der Waals surface area contributed by atoms with Gasteiger partial charge in [-0.15, -0.1) is 10.2 Å². The van der Waals surface area contributed by atoms with E-state index in [0.29, 0.717) is 22.9 Å². The van der Waals surface area contributed by atoms with E-state index in [1.165, 1.54) is 22.0 Å². The number of benzene rings is 1. The molecule has 5 rings (SSSR count). The number of likely N-dealkylation sites (N-methyl/N-ethyl adjacent to an activating group) is 1. The fraction of sp³-hybridized carbons (Fsp3) is 0.286. The van der Waals surface area contributed by atoms with E-state index in [4.69, 9.17) is 11.6 Å². The molecule has 3 aromatic rings. The van der Waals surface area contributed by atoms with Gasteiger partial charge in [0.15, 0.2) is 11.0 Å². The van der Waals surface area contributed by atoms with E-state index in [1.807, 2.05) is 0 Å². The van der Waals surface area contributed by atoms with Gasteiger partial charge in [-0.25, -0.2) is 0 Å². The molecule has 1 aromatic carbocycles. The Hall–Kier alpha value is -2.70. The molecular weight excluding hydrogens is 374 g/mol. The first-order valence-electron chi connectivity index (χ1n) is 9.37. The van der Waals surface area contributed by atoms with Crippen LogP contribution in [-0.4, -0.2) is 45.6 Å². The molecule has 1 fully saturated rings. The predicted octanol–water partition coefficient (Wildman–Crippen LogP) is 3.52. The molecule has 7 heteroatoms. The zero-order valence-electron chi connectivity index (χ0n) is 15.4. The normalized spacial score (nSPS) is 23.0. The fourth-order valence-corrected chi connectivity index (χ4v) is 4.76. The molecule has 142 valence electrons. The molecule has 1 unspecified atom stereocenters. The average molecular weight is 394 g/mol. The summed E-state index contributed by atoms with van der Waals surface area (Å²) in [5.41, 5.74) is 5.10. The van der Waals surface area contributed by atoms with Crippen molar-refractivity contribution in [3.63, 3.8) is 0 Å². The summed E-state index contributed by atoms with van der Waals surface area (Å²) in [5, 5.41) is 12.1. The Kier molecular flexibility index (Phi) is 4.18. The summed E-state index contributed by atoms with van der Waals surface area (Å²) >= 11 is 5.74. The quantitative estimate of drug-likeness (QED) is 0.653. The van der Waals surface area contributed by atoms with Crippen LogP contribution in [0.2, 0.25) is 5.15 Å². The molecule has 2 atom stereocenters. The van der Waals surface area contributed by atoms with Crippen molar-refractivity contribution in [2.45, 2.75) is 24.8 Å². The number of anilines is 1. The monoisotopic (exact) mass is 393 g/mol. The molecule has 0 spiro atoms. The zero-order chi connectivity index (χ0) is 19.3. The van der Waals surface area contributed by atoms with Crippen molar-refractivity contribution < 1.29 is 4.79 Å². The van der Waals surface area contributed by atoms with Crippen LogP contribution in [0.4, 0.5) is 5.82 Å². The minimum Gasteiger partial charge on any atom is -0.361 e. The third-order valence-corrected chi connectivity index (χ3v) is 6.03. The first kappa shape index (κ1) is 17.4. The van der Waals surface area contributed by atoms with Crippen LogP contribution >= 0.6 is 11.6 Å². The van der Waals surface area contributed by atoms with Gasteiger partial charge in [-0.2, -0.15) is 0 Å². The van der Waals surface area contributed by atoms with E-state index in [9.17, 15) is 4.79 Å². The van der Waals surface area contributed by atoms with Crippen LogP contribution in [0.1, 0.15) is 23.5 Å². The largest absolute Gasteiger partial charge is 0.361 e. The van der Waals surface area contributed by atoms with E-state index < -0.39 is 0 Å². The molecule has 2 N–H and O–H groups in total. The highest BCUT2D eigenvalue weighted by Gasteiger charge is 2.37. The molecule has 28 heavy (non-hydrogen) atoms. The van der Waals surface area contributed by atoms with Crippen molar-refractivity contribution in [2.24, 2.45) is 0 Å². The smallest absolute Gasteiger partial charge is 0.249 e. The van der Waals surface area contributed by atoms with Crippen molar-refractivity contribution in [3.8, 4) is 0 Å². The molecule has 6 nitrogen and oxygen atoms in total.